The summed E-state index contributed by atoms with van der Waals surface area (Å²) < 4.78 is 93.7. The molecule has 0 saturated heterocycles. The third kappa shape index (κ3) is 7.08. The molecule has 0 spiro atoms. The minimum atomic E-state index is -5.12. The van der Waals surface area contributed by atoms with Crippen molar-refractivity contribution in [2.45, 2.75) is 26.2 Å². The zero-order chi connectivity index (χ0) is 47.1. The molecule has 0 amide bonds. The number of fused-ring (bicyclic) bond motifs is 6. The van der Waals surface area contributed by atoms with Crippen LogP contribution >= 0.6 is 0 Å². The minimum absolute atomic E-state index is 0.249. The number of hydrogen-bond acceptors (Lipinski definition) is 1. The van der Waals surface area contributed by atoms with Crippen molar-refractivity contribution in [3.05, 3.63) is 216 Å². The Bertz CT molecular complexity index is 3850. The van der Waals surface area contributed by atoms with Gasteiger partial charge in [-0.05, 0) is 121 Å². The first-order valence-corrected chi connectivity index (χ1v) is 21.9. The summed E-state index contributed by atoms with van der Waals surface area (Å²) in [6.45, 7) is 4.07. The second-order valence-electron chi connectivity index (χ2n) is 17.2. The van der Waals surface area contributed by atoms with Gasteiger partial charge in [-0.1, -0.05) is 120 Å². The minimum Gasteiger partial charge on any atom is -0.309 e. The molecule has 0 atom stereocenters. The number of nitrogens with zero attached hydrogens (tertiary/aromatic N) is 3. The molecule has 2 heterocycles. The molecule has 9 aromatic carbocycles. The van der Waals surface area contributed by atoms with E-state index in [-0.39, 0.29) is 11.1 Å². The lowest BCUT2D eigenvalue weighted by Crippen LogP contribution is -2.14. The summed E-state index contributed by atoms with van der Waals surface area (Å²) in [5.41, 5.74) is 7.35. The summed E-state index contributed by atoms with van der Waals surface area (Å²) in [6.07, 6.45) is -10.2. The van der Waals surface area contributed by atoms with E-state index in [2.05, 4.69) is 41.0 Å². The average molecular weight is 902 g/mol. The SMILES string of the molecule is Cc1cccc(-c2ccc3c(c2)c2ccccc2n3-c2ccc(C#N)cc2-c2cc(-c3c(C(F)(F)F)cccc3C(F)(F)F)ccc2-n2c3ccccc3c3cc(-c4cccc(C)c4)ccc32)c1. The van der Waals surface area contributed by atoms with Crippen molar-refractivity contribution in [3.8, 4) is 62.0 Å². The molecule has 0 unspecified atom stereocenters. The lowest BCUT2D eigenvalue weighted by Gasteiger charge is -2.22. The van der Waals surface area contributed by atoms with Crippen LogP contribution < -0.4 is 0 Å². The van der Waals surface area contributed by atoms with Crippen LogP contribution in [0, 0.1) is 25.2 Å². The van der Waals surface area contributed by atoms with Gasteiger partial charge in [0.2, 0.25) is 0 Å². The summed E-state index contributed by atoms with van der Waals surface area (Å²) in [4.78, 5) is 0. The number of hydrogen-bond donors (Lipinski definition) is 0. The zero-order valence-electron chi connectivity index (χ0n) is 36.5. The largest absolute Gasteiger partial charge is 0.417 e. The van der Waals surface area contributed by atoms with Gasteiger partial charge >= 0.3 is 12.4 Å². The molecule has 0 fully saturated rings. The maximum atomic E-state index is 14.9. The fourth-order valence-corrected chi connectivity index (χ4v) is 9.93. The molecule has 68 heavy (non-hydrogen) atoms. The molecule has 0 aliphatic heterocycles. The van der Waals surface area contributed by atoms with Gasteiger partial charge in [0.25, 0.3) is 0 Å². The van der Waals surface area contributed by atoms with Crippen molar-refractivity contribution < 1.29 is 26.3 Å². The van der Waals surface area contributed by atoms with E-state index in [1.807, 2.05) is 122 Å². The van der Waals surface area contributed by atoms with Gasteiger partial charge in [0.05, 0.1) is 56.2 Å². The summed E-state index contributed by atoms with van der Waals surface area (Å²) in [5, 5.41) is 14.1. The smallest absolute Gasteiger partial charge is 0.309 e. The van der Waals surface area contributed by atoms with Gasteiger partial charge in [-0.3, -0.25) is 0 Å². The standard InChI is InChI=1S/C59H37F6N3/c1-35-10-7-12-38(28-35)40-21-25-54-46(31-40)43-14-3-5-18-51(43)67(54)53-24-20-37(34-66)30-45(53)48-33-42(57-49(58(60,61)62)16-9-17-50(57)59(63,64)65)23-27-56(48)68-52-19-6-4-15-44(52)47-32-41(22-26-55(47)68)39-13-8-11-36(2)29-39/h3-33H,1-2H3. The molecule has 0 radical (unpaired) electrons. The molecule has 330 valence electrons. The summed E-state index contributed by atoms with van der Waals surface area (Å²) in [7, 11) is 0. The van der Waals surface area contributed by atoms with Crippen molar-refractivity contribution in [1.29, 1.82) is 5.26 Å². The van der Waals surface area contributed by atoms with Crippen LogP contribution in [-0.2, 0) is 12.4 Å². The highest BCUT2D eigenvalue weighted by Gasteiger charge is 2.41. The van der Waals surface area contributed by atoms with Crippen LogP contribution in [0.5, 0.6) is 0 Å². The highest BCUT2D eigenvalue weighted by atomic mass is 19.4. The summed E-state index contributed by atoms with van der Waals surface area (Å²) in [5.74, 6) is 0. The number of benzene rings is 9. The number of rotatable bonds is 6. The molecule has 0 saturated carbocycles. The van der Waals surface area contributed by atoms with Gasteiger partial charge in [-0.25, -0.2) is 0 Å². The second kappa shape index (κ2) is 15.9. The van der Waals surface area contributed by atoms with E-state index in [9.17, 15) is 31.6 Å². The molecule has 0 bridgehead atoms. The Morgan fingerprint density at radius 2 is 0.809 bits per heavy atom. The summed E-state index contributed by atoms with van der Waals surface area (Å²) >= 11 is 0. The van der Waals surface area contributed by atoms with Gasteiger partial charge in [0.15, 0.2) is 0 Å². The number of aryl methyl sites for hydroxylation is 2. The highest BCUT2D eigenvalue weighted by molar-refractivity contribution is 6.13. The first kappa shape index (κ1) is 42.3. The molecule has 11 aromatic rings. The lowest BCUT2D eigenvalue weighted by atomic mass is 9.90. The van der Waals surface area contributed by atoms with Crippen LogP contribution in [0.15, 0.2) is 188 Å². The van der Waals surface area contributed by atoms with Gasteiger partial charge in [-0.15, -0.1) is 0 Å². The lowest BCUT2D eigenvalue weighted by molar-refractivity contribution is -0.142. The van der Waals surface area contributed by atoms with Crippen LogP contribution in [0.3, 0.4) is 0 Å². The van der Waals surface area contributed by atoms with Crippen molar-refractivity contribution in [1.82, 2.24) is 9.13 Å². The van der Waals surface area contributed by atoms with E-state index in [0.29, 0.717) is 34.6 Å². The van der Waals surface area contributed by atoms with Gasteiger partial charge in [-0.2, -0.15) is 31.6 Å². The van der Waals surface area contributed by atoms with Crippen LogP contribution in [0.25, 0.3) is 99.5 Å². The van der Waals surface area contributed by atoms with Crippen LogP contribution in [0.1, 0.15) is 27.8 Å². The van der Waals surface area contributed by atoms with Crippen molar-refractivity contribution in [3.63, 3.8) is 0 Å². The van der Waals surface area contributed by atoms with E-state index in [1.165, 1.54) is 12.1 Å². The van der Waals surface area contributed by atoms with Crippen molar-refractivity contribution in [2.75, 3.05) is 0 Å². The zero-order valence-corrected chi connectivity index (χ0v) is 36.5. The second-order valence-corrected chi connectivity index (χ2v) is 17.2. The quantitative estimate of drug-likeness (QED) is 0.153. The Labute approximate surface area is 387 Å². The summed E-state index contributed by atoms with van der Waals surface area (Å²) in [6, 6.07) is 58.3. The van der Waals surface area contributed by atoms with E-state index < -0.39 is 29.0 Å². The Hall–Kier alpha value is -8.35. The van der Waals surface area contributed by atoms with E-state index in [4.69, 9.17) is 0 Å². The Balaban J connectivity index is 1.25. The van der Waals surface area contributed by atoms with Gasteiger partial charge in [0.1, 0.15) is 0 Å². The number of aromatic nitrogens is 2. The number of para-hydroxylation sites is 2. The van der Waals surface area contributed by atoms with Gasteiger partial charge < -0.3 is 9.13 Å². The van der Waals surface area contributed by atoms with Gasteiger partial charge in [0, 0.05) is 38.2 Å². The molecular weight excluding hydrogens is 865 g/mol. The Morgan fingerprint density at radius 3 is 1.29 bits per heavy atom. The Morgan fingerprint density at radius 1 is 0.382 bits per heavy atom. The number of alkyl halides is 6. The molecule has 3 nitrogen and oxygen atoms in total. The fourth-order valence-electron chi connectivity index (χ4n) is 9.93. The maximum absolute atomic E-state index is 14.9. The average Bonchev–Trinajstić information content (AvgIpc) is 3.85. The van der Waals surface area contributed by atoms with E-state index in [0.717, 1.165) is 83.1 Å². The maximum Gasteiger partial charge on any atom is 0.417 e. The molecule has 11 rings (SSSR count). The molecule has 9 heteroatoms. The number of nitriles is 1. The molecule has 0 aliphatic rings. The first-order valence-electron chi connectivity index (χ1n) is 21.9. The van der Waals surface area contributed by atoms with Crippen LogP contribution in [-0.4, -0.2) is 9.13 Å². The Kier molecular flexibility index (Phi) is 9.90. The topological polar surface area (TPSA) is 33.6 Å². The van der Waals surface area contributed by atoms with E-state index >= 15 is 0 Å². The number of halogens is 6. The predicted octanol–water partition coefficient (Wildman–Crippen LogP) is 17.1. The third-order valence-electron chi connectivity index (χ3n) is 12.9. The van der Waals surface area contributed by atoms with Crippen molar-refractivity contribution in [2.24, 2.45) is 0 Å². The third-order valence-corrected chi connectivity index (χ3v) is 12.9. The molecular formula is C59H37F6N3. The van der Waals surface area contributed by atoms with Crippen LogP contribution in [0.2, 0.25) is 0 Å². The normalized spacial score (nSPS) is 12.1. The fraction of sp³-hybridized carbons (Fsp3) is 0.0678. The van der Waals surface area contributed by atoms with Crippen LogP contribution in [0.4, 0.5) is 26.3 Å². The molecule has 0 aliphatic carbocycles. The highest BCUT2D eigenvalue weighted by Crippen LogP contribution is 2.48. The molecule has 0 N–H and O–H groups in total. The predicted molar refractivity (Wildman–Crippen MR) is 261 cm³/mol. The first-order chi connectivity index (χ1) is 32.8. The van der Waals surface area contributed by atoms with E-state index in [1.54, 1.807) is 24.3 Å². The van der Waals surface area contributed by atoms with Crippen molar-refractivity contribution >= 4 is 43.6 Å². The monoisotopic (exact) mass is 901 g/mol. The molecule has 2 aromatic heterocycles.